The van der Waals surface area contributed by atoms with E-state index in [1.54, 1.807) is 24.3 Å². The zero-order chi connectivity index (χ0) is 27.7. The van der Waals surface area contributed by atoms with E-state index in [0.717, 1.165) is 36.3 Å². The van der Waals surface area contributed by atoms with Gasteiger partial charge in [0.1, 0.15) is 23.9 Å². The average Bonchev–Trinajstić information content (AvgIpc) is 2.89. The van der Waals surface area contributed by atoms with Gasteiger partial charge in [0.05, 0.1) is 5.69 Å². The van der Waals surface area contributed by atoms with E-state index in [1.165, 1.54) is 12.3 Å². The Morgan fingerprint density at radius 2 is 1.79 bits per heavy atom. The van der Waals surface area contributed by atoms with Crippen molar-refractivity contribution >= 4 is 29.3 Å². The van der Waals surface area contributed by atoms with Gasteiger partial charge in [0.15, 0.2) is 5.69 Å². The molecule has 1 aromatic heterocycles. The SMILES string of the molecule is CCN(CC)CCOc1cc(Cl)c(C)cc1NC(=O)NCc1ccc(Oc2ccnc(C(=O)O)c2)c(C)c1. The largest absolute Gasteiger partial charge is 0.490 e. The fourth-order valence-electron chi connectivity index (χ4n) is 3.71. The van der Waals surface area contributed by atoms with Crippen molar-refractivity contribution in [3.05, 3.63) is 76.1 Å². The van der Waals surface area contributed by atoms with Crippen LogP contribution in [-0.4, -0.2) is 53.2 Å². The van der Waals surface area contributed by atoms with Gasteiger partial charge in [0.25, 0.3) is 0 Å². The molecule has 0 atom stereocenters. The van der Waals surface area contributed by atoms with E-state index in [2.05, 4.69) is 34.4 Å². The number of anilines is 1. The molecule has 3 N–H and O–H groups in total. The van der Waals surface area contributed by atoms with Crippen LogP contribution in [0.2, 0.25) is 5.02 Å². The summed E-state index contributed by atoms with van der Waals surface area (Å²) in [5.41, 5.74) is 2.97. The number of aromatic nitrogens is 1. The predicted octanol–water partition coefficient (Wildman–Crippen LogP) is 5.88. The number of likely N-dealkylation sites (N-methyl/N-ethyl adjacent to an activating group) is 1. The van der Waals surface area contributed by atoms with Crippen LogP contribution in [0.5, 0.6) is 17.2 Å². The first-order chi connectivity index (χ1) is 18.2. The lowest BCUT2D eigenvalue weighted by molar-refractivity contribution is 0.0690. The molecule has 0 spiro atoms. The first kappa shape index (κ1) is 28.7. The summed E-state index contributed by atoms with van der Waals surface area (Å²) in [5.74, 6) is 0.337. The summed E-state index contributed by atoms with van der Waals surface area (Å²) in [4.78, 5) is 29.9. The molecule has 202 valence electrons. The normalized spacial score (nSPS) is 10.8. The quantitative estimate of drug-likeness (QED) is 0.263. The number of carboxylic acids is 1. The molecule has 2 aromatic carbocycles. The molecule has 1 heterocycles. The van der Waals surface area contributed by atoms with Crippen molar-refractivity contribution in [2.45, 2.75) is 34.2 Å². The van der Waals surface area contributed by atoms with E-state index in [-0.39, 0.29) is 18.3 Å². The summed E-state index contributed by atoms with van der Waals surface area (Å²) in [5, 5.41) is 15.4. The first-order valence-electron chi connectivity index (χ1n) is 12.4. The number of benzene rings is 2. The average molecular weight is 541 g/mol. The van der Waals surface area contributed by atoms with Crippen molar-refractivity contribution in [3.8, 4) is 17.2 Å². The third-order valence-electron chi connectivity index (χ3n) is 5.94. The molecule has 0 aliphatic carbocycles. The van der Waals surface area contributed by atoms with Crippen molar-refractivity contribution in [3.63, 3.8) is 0 Å². The number of halogens is 1. The number of carboxylic acid groups (broad SMARTS) is 1. The highest BCUT2D eigenvalue weighted by molar-refractivity contribution is 6.31. The number of ether oxygens (including phenoxy) is 2. The Morgan fingerprint density at radius 1 is 1.03 bits per heavy atom. The second-order valence-electron chi connectivity index (χ2n) is 8.66. The number of hydrogen-bond donors (Lipinski definition) is 3. The monoisotopic (exact) mass is 540 g/mol. The minimum atomic E-state index is -1.13. The summed E-state index contributed by atoms with van der Waals surface area (Å²) in [6.45, 7) is 11.3. The number of aryl methyl sites for hydroxylation is 2. The summed E-state index contributed by atoms with van der Waals surface area (Å²) in [7, 11) is 0. The molecular weight excluding hydrogens is 508 g/mol. The molecule has 3 rings (SSSR count). The maximum absolute atomic E-state index is 12.7. The highest BCUT2D eigenvalue weighted by Crippen LogP contribution is 2.31. The Balaban J connectivity index is 1.60. The zero-order valence-electron chi connectivity index (χ0n) is 22.0. The van der Waals surface area contributed by atoms with Gasteiger partial charge in [0.2, 0.25) is 0 Å². The molecule has 0 saturated heterocycles. The van der Waals surface area contributed by atoms with Crippen molar-refractivity contribution < 1.29 is 24.2 Å². The van der Waals surface area contributed by atoms with E-state index >= 15 is 0 Å². The maximum atomic E-state index is 12.7. The van der Waals surface area contributed by atoms with Gasteiger partial charge in [-0.3, -0.25) is 0 Å². The van der Waals surface area contributed by atoms with Gasteiger partial charge in [-0.25, -0.2) is 14.6 Å². The van der Waals surface area contributed by atoms with Crippen LogP contribution in [0.1, 0.15) is 41.0 Å². The Morgan fingerprint density at radius 3 is 2.47 bits per heavy atom. The number of amides is 2. The van der Waals surface area contributed by atoms with Gasteiger partial charge >= 0.3 is 12.0 Å². The van der Waals surface area contributed by atoms with Crippen molar-refractivity contribution in [2.75, 3.05) is 31.6 Å². The summed E-state index contributed by atoms with van der Waals surface area (Å²) in [6, 6.07) is 11.6. The second-order valence-corrected chi connectivity index (χ2v) is 9.07. The summed E-state index contributed by atoms with van der Waals surface area (Å²) < 4.78 is 11.8. The third kappa shape index (κ3) is 8.09. The van der Waals surface area contributed by atoms with Gasteiger partial charge in [-0.05, 0) is 61.8 Å². The highest BCUT2D eigenvalue weighted by Gasteiger charge is 2.13. The van der Waals surface area contributed by atoms with E-state index in [0.29, 0.717) is 34.6 Å². The maximum Gasteiger partial charge on any atom is 0.354 e. The van der Waals surface area contributed by atoms with Crippen LogP contribution in [-0.2, 0) is 6.54 Å². The Kier molecular flexibility index (Phi) is 10.3. The standard InChI is InChI=1S/C28H33ClN4O5/c1-5-33(6-2)11-12-37-26-16-22(29)18(3)14-23(26)32-28(36)31-17-20-7-8-25(19(4)13-20)38-21-9-10-30-24(15-21)27(34)35/h7-10,13-16H,5-6,11-12,17H2,1-4H3,(H,34,35)(H2,31,32,36). The number of aromatic carboxylic acids is 1. The molecule has 9 nitrogen and oxygen atoms in total. The lowest BCUT2D eigenvalue weighted by atomic mass is 10.1. The second kappa shape index (κ2) is 13.6. The Labute approximate surface area is 227 Å². The van der Waals surface area contributed by atoms with Crippen LogP contribution >= 0.6 is 11.6 Å². The number of hydrogen-bond acceptors (Lipinski definition) is 6. The first-order valence-corrected chi connectivity index (χ1v) is 12.7. The fourth-order valence-corrected chi connectivity index (χ4v) is 3.86. The smallest absolute Gasteiger partial charge is 0.354 e. The van der Waals surface area contributed by atoms with Gasteiger partial charge in [-0.1, -0.05) is 37.6 Å². The van der Waals surface area contributed by atoms with Crippen LogP contribution in [0.4, 0.5) is 10.5 Å². The molecule has 0 aliphatic heterocycles. The van der Waals surface area contributed by atoms with E-state index in [9.17, 15) is 9.59 Å². The van der Waals surface area contributed by atoms with Crippen LogP contribution in [0, 0.1) is 13.8 Å². The van der Waals surface area contributed by atoms with Crippen molar-refractivity contribution in [1.82, 2.24) is 15.2 Å². The lowest BCUT2D eigenvalue weighted by Gasteiger charge is -2.19. The third-order valence-corrected chi connectivity index (χ3v) is 6.35. The van der Waals surface area contributed by atoms with Crippen LogP contribution in [0.25, 0.3) is 0 Å². The number of pyridine rings is 1. The zero-order valence-corrected chi connectivity index (χ0v) is 22.8. The summed E-state index contributed by atoms with van der Waals surface area (Å²) >= 11 is 6.30. The molecule has 10 heteroatoms. The molecule has 0 unspecified atom stereocenters. The number of nitrogens with zero attached hydrogens (tertiary/aromatic N) is 2. The molecular formula is C28H33ClN4O5. The van der Waals surface area contributed by atoms with Crippen LogP contribution < -0.4 is 20.1 Å². The molecule has 2 amide bonds. The highest BCUT2D eigenvalue weighted by atomic mass is 35.5. The number of carbonyl (C=O) groups is 2. The fraction of sp³-hybridized carbons (Fsp3) is 0.321. The predicted molar refractivity (Wildman–Crippen MR) is 148 cm³/mol. The Bertz CT molecular complexity index is 1280. The van der Waals surface area contributed by atoms with E-state index in [4.69, 9.17) is 26.2 Å². The topological polar surface area (TPSA) is 113 Å². The van der Waals surface area contributed by atoms with Gasteiger partial charge in [-0.2, -0.15) is 0 Å². The molecule has 0 saturated carbocycles. The number of nitrogens with one attached hydrogen (secondary N) is 2. The number of urea groups is 1. The van der Waals surface area contributed by atoms with Crippen LogP contribution in [0.15, 0.2) is 48.7 Å². The van der Waals surface area contributed by atoms with Gasteiger partial charge < -0.3 is 30.1 Å². The van der Waals surface area contributed by atoms with E-state index in [1.807, 2.05) is 26.0 Å². The van der Waals surface area contributed by atoms with E-state index < -0.39 is 5.97 Å². The van der Waals surface area contributed by atoms with Crippen molar-refractivity contribution in [2.24, 2.45) is 0 Å². The van der Waals surface area contributed by atoms with Crippen LogP contribution in [0.3, 0.4) is 0 Å². The molecule has 0 bridgehead atoms. The number of rotatable bonds is 12. The molecule has 0 fully saturated rings. The molecule has 0 aliphatic rings. The number of carbonyl (C=O) groups excluding carboxylic acids is 1. The minimum Gasteiger partial charge on any atom is -0.490 e. The lowest BCUT2D eigenvalue weighted by Crippen LogP contribution is -2.29. The molecule has 3 aromatic rings. The molecule has 0 radical (unpaired) electrons. The summed E-state index contributed by atoms with van der Waals surface area (Å²) in [6.07, 6.45) is 1.38. The van der Waals surface area contributed by atoms with Gasteiger partial charge in [0, 0.05) is 36.4 Å². The van der Waals surface area contributed by atoms with Gasteiger partial charge in [-0.15, -0.1) is 0 Å². The minimum absolute atomic E-state index is 0.0969. The van der Waals surface area contributed by atoms with Crippen molar-refractivity contribution in [1.29, 1.82) is 0 Å². The Hall–Kier alpha value is -3.82. The molecule has 38 heavy (non-hydrogen) atoms.